The summed E-state index contributed by atoms with van der Waals surface area (Å²) in [5, 5.41) is 13.7. The zero-order chi connectivity index (χ0) is 17.9. The van der Waals surface area contributed by atoms with Crippen LogP contribution in [-0.4, -0.2) is 32.6 Å². The van der Waals surface area contributed by atoms with Crippen LogP contribution in [0.5, 0.6) is 5.75 Å². The molecule has 0 saturated heterocycles. The Balaban J connectivity index is 1.62. The SMILES string of the molecule is CCOc1ccccc1/C=N\Nc1nnc2c3ccccc3n(C)c2n1. The van der Waals surface area contributed by atoms with E-state index in [0.717, 1.165) is 33.4 Å². The van der Waals surface area contributed by atoms with E-state index in [1.807, 2.05) is 67.1 Å². The normalized spacial score (nSPS) is 11.5. The first-order valence-electron chi connectivity index (χ1n) is 8.36. The highest BCUT2D eigenvalue weighted by Crippen LogP contribution is 2.24. The first-order valence-corrected chi connectivity index (χ1v) is 8.36. The summed E-state index contributed by atoms with van der Waals surface area (Å²) in [4.78, 5) is 4.54. The van der Waals surface area contributed by atoms with E-state index in [9.17, 15) is 0 Å². The Morgan fingerprint density at radius 2 is 1.92 bits per heavy atom. The number of hydrazone groups is 1. The summed E-state index contributed by atoms with van der Waals surface area (Å²) >= 11 is 0. The zero-order valence-electron chi connectivity index (χ0n) is 14.5. The van der Waals surface area contributed by atoms with Gasteiger partial charge in [-0.25, -0.2) is 5.43 Å². The number of fused-ring (bicyclic) bond motifs is 3. The van der Waals surface area contributed by atoms with Crippen molar-refractivity contribution in [3.05, 3.63) is 54.1 Å². The minimum atomic E-state index is 0.341. The molecular formula is C19H18N6O. The van der Waals surface area contributed by atoms with Crippen LogP contribution in [0.1, 0.15) is 12.5 Å². The first-order chi connectivity index (χ1) is 12.8. The van der Waals surface area contributed by atoms with Crippen molar-refractivity contribution >= 4 is 34.2 Å². The Labute approximate surface area is 150 Å². The molecule has 26 heavy (non-hydrogen) atoms. The van der Waals surface area contributed by atoms with Gasteiger partial charge in [0.25, 0.3) is 5.95 Å². The molecule has 0 fully saturated rings. The Bertz CT molecular complexity index is 1100. The molecule has 0 saturated carbocycles. The van der Waals surface area contributed by atoms with Gasteiger partial charge in [-0.05, 0) is 25.1 Å². The fraction of sp³-hybridized carbons (Fsp3) is 0.158. The van der Waals surface area contributed by atoms with Gasteiger partial charge in [0.05, 0.1) is 18.3 Å². The molecule has 0 spiro atoms. The molecule has 0 amide bonds. The Kier molecular flexibility index (Phi) is 4.18. The molecule has 0 aliphatic heterocycles. The molecule has 2 aromatic carbocycles. The van der Waals surface area contributed by atoms with Crippen LogP contribution >= 0.6 is 0 Å². The minimum absolute atomic E-state index is 0.341. The molecule has 0 unspecified atom stereocenters. The topological polar surface area (TPSA) is 77.2 Å². The summed E-state index contributed by atoms with van der Waals surface area (Å²) in [6.45, 7) is 2.55. The second kappa shape index (κ2) is 6.79. The molecule has 0 radical (unpaired) electrons. The summed E-state index contributed by atoms with van der Waals surface area (Å²) in [5.41, 5.74) is 6.32. The maximum absolute atomic E-state index is 5.58. The largest absolute Gasteiger partial charge is 0.493 e. The molecule has 4 aromatic rings. The number of nitrogens with one attached hydrogen (secondary N) is 1. The lowest BCUT2D eigenvalue weighted by molar-refractivity contribution is 0.340. The van der Waals surface area contributed by atoms with Gasteiger partial charge in [0, 0.05) is 18.0 Å². The van der Waals surface area contributed by atoms with Crippen molar-refractivity contribution in [3.63, 3.8) is 0 Å². The Morgan fingerprint density at radius 3 is 2.81 bits per heavy atom. The van der Waals surface area contributed by atoms with Gasteiger partial charge in [-0.2, -0.15) is 10.1 Å². The number of nitrogens with zero attached hydrogens (tertiary/aromatic N) is 5. The van der Waals surface area contributed by atoms with Crippen LogP contribution in [-0.2, 0) is 7.05 Å². The molecule has 0 aliphatic rings. The van der Waals surface area contributed by atoms with Crippen molar-refractivity contribution in [1.82, 2.24) is 19.7 Å². The van der Waals surface area contributed by atoms with Crippen LogP contribution in [0.25, 0.3) is 22.1 Å². The van der Waals surface area contributed by atoms with E-state index in [-0.39, 0.29) is 0 Å². The third-order valence-corrected chi connectivity index (χ3v) is 4.09. The highest BCUT2D eigenvalue weighted by atomic mass is 16.5. The van der Waals surface area contributed by atoms with E-state index in [4.69, 9.17) is 4.74 Å². The highest BCUT2D eigenvalue weighted by Gasteiger charge is 2.11. The number of aromatic nitrogens is 4. The number of para-hydroxylation sites is 2. The van der Waals surface area contributed by atoms with E-state index < -0.39 is 0 Å². The second-order valence-corrected chi connectivity index (χ2v) is 5.72. The third kappa shape index (κ3) is 2.83. The lowest BCUT2D eigenvalue weighted by atomic mass is 10.2. The number of anilines is 1. The summed E-state index contributed by atoms with van der Waals surface area (Å²) in [7, 11) is 1.96. The van der Waals surface area contributed by atoms with Gasteiger partial charge >= 0.3 is 0 Å². The quantitative estimate of drug-likeness (QED) is 0.443. The lowest BCUT2D eigenvalue weighted by Gasteiger charge is -2.05. The fourth-order valence-electron chi connectivity index (χ4n) is 2.89. The lowest BCUT2D eigenvalue weighted by Crippen LogP contribution is -2.01. The molecule has 130 valence electrons. The smallest absolute Gasteiger partial charge is 0.265 e. The maximum atomic E-state index is 5.58. The van der Waals surface area contributed by atoms with E-state index >= 15 is 0 Å². The van der Waals surface area contributed by atoms with Gasteiger partial charge < -0.3 is 9.30 Å². The molecule has 0 atom stereocenters. The number of benzene rings is 2. The maximum Gasteiger partial charge on any atom is 0.265 e. The Hall–Kier alpha value is -3.48. The molecule has 7 heteroatoms. The monoisotopic (exact) mass is 346 g/mol. The van der Waals surface area contributed by atoms with Crippen molar-refractivity contribution in [1.29, 1.82) is 0 Å². The van der Waals surface area contributed by atoms with Crippen LogP contribution in [0.3, 0.4) is 0 Å². The van der Waals surface area contributed by atoms with Crippen molar-refractivity contribution in [2.24, 2.45) is 12.1 Å². The van der Waals surface area contributed by atoms with E-state index in [0.29, 0.717) is 12.6 Å². The number of hydrogen-bond acceptors (Lipinski definition) is 6. The third-order valence-electron chi connectivity index (χ3n) is 4.09. The molecule has 1 N–H and O–H groups in total. The standard InChI is InChI=1S/C19H18N6O/c1-3-26-16-11-7-4-8-13(16)12-20-23-19-21-18-17(22-24-19)14-9-5-6-10-15(14)25(18)2/h4-12H,3H2,1-2H3,(H,21,23,24)/b20-12-. The average Bonchev–Trinajstić information content (AvgIpc) is 2.96. The van der Waals surface area contributed by atoms with Crippen molar-refractivity contribution in [3.8, 4) is 5.75 Å². The van der Waals surface area contributed by atoms with Crippen molar-refractivity contribution in [2.75, 3.05) is 12.0 Å². The zero-order valence-corrected chi connectivity index (χ0v) is 14.5. The summed E-state index contributed by atoms with van der Waals surface area (Å²) < 4.78 is 7.58. The predicted octanol–water partition coefficient (Wildman–Crippen LogP) is 3.36. The number of rotatable bonds is 5. The van der Waals surface area contributed by atoms with Crippen LogP contribution in [0.4, 0.5) is 5.95 Å². The van der Waals surface area contributed by atoms with E-state index in [1.165, 1.54) is 0 Å². The highest BCUT2D eigenvalue weighted by molar-refractivity contribution is 6.04. The molecule has 2 heterocycles. The Morgan fingerprint density at radius 1 is 1.12 bits per heavy atom. The van der Waals surface area contributed by atoms with E-state index in [2.05, 4.69) is 25.7 Å². The predicted molar refractivity (Wildman–Crippen MR) is 103 cm³/mol. The molecule has 2 aromatic heterocycles. The van der Waals surface area contributed by atoms with Gasteiger partial charge in [-0.3, -0.25) is 0 Å². The number of hydrogen-bond donors (Lipinski definition) is 1. The molecule has 4 rings (SSSR count). The second-order valence-electron chi connectivity index (χ2n) is 5.72. The van der Waals surface area contributed by atoms with E-state index in [1.54, 1.807) is 6.21 Å². The summed E-state index contributed by atoms with van der Waals surface area (Å²) in [6, 6.07) is 15.7. The van der Waals surface area contributed by atoms with Gasteiger partial charge in [0.1, 0.15) is 11.3 Å². The van der Waals surface area contributed by atoms with Gasteiger partial charge in [-0.15, -0.1) is 10.2 Å². The van der Waals surface area contributed by atoms with Crippen LogP contribution in [0, 0.1) is 0 Å². The molecular weight excluding hydrogens is 328 g/mol. The van der Waals surface area contributed by atoms with Gasteiger partial charge in [-0.1, -0.05) is 30.3 Å². The summed E-state index contributed by atoms with van der Waals surface area (Å²) in [6.07, 6.45) is 1.68. The van der Waals surface area contributed by atoms with Gasteiger partial charge in [0.2, 0.25) is 0 Å². The van der Waals surface area contributed by atoms with Gasteiger partial charge in [0.15, 0.2) is 5.65 Å². The first kappa shape index (κ1) is 16.0. The minimum Gasteiger partial charge on any atom is -0.493 e. The number of ether oxygens (including phenoxy) is 1. The van der Waals surface area contributed by atoms with Crippen LogP contribution in [0.2, 0.25) is 0 Å². The van der Waals surface area contributed by atoms with Crippen molar-refractivity contribution < 1.29 is 4.74 Å². The number of aryl methyl sites for hydroxylation is 1. The average molecular weight is 346 g/mol. The van der Waals surface area contributed by atoms with Crippen LogP contribution < -0.4 is 10.2 Å². The van der Waals surface area contributed by atoms with Crippen LogP contribution in [0.15, 0.2) is 53.6 Å². The fourth-order valence-corrected chi connectivity index (χ4v) is 2.89. The molecule has 0 aliphatic carbocycles. The molecule has 0 bridgehead atoms. The molecule has 7 nitrogen and oxygen atoms in total. The summed E-state index contributed by atoms with van der Waals surface area (Å²) in [5.74, 6) is 1.12. The van der Waals surface area contributed by atoms with Crippen molar-refractivity contribution in [2.45, 2.75) is 6.92 Å².